The van der Waals surface area contributed by atoms with Gasteiger partial charge in [0.15, 0.2) is 6.61 Å². The third-order valence-electron chi connectivity index (χ3n) is 3.86. The Labute approximate surface area is 142 Å². The van der Waals surface area contributed by atoms with Crippen LogP contribution < -0.4 is 5.32 Å². The fourth-order valence-corrected chi connectivity index (χ4v) is 2.80. The Morgan fingerprint density at radius 3 is 2.54 bits per heavy atom. The molecule has 1 aromatic rings. The molecule has 4 nitrogen and oxygen atoms in total. The van der Waals surface area contributed by atoms with Gasteiger partial charge in [-0.25, -0.2) is 0 Å². The van der Waals surface area contributed by atoms with E-state index in [0.29, 0.717) is 5.92 Å². The van der Waals surface area contributed by atoms with E-state index in [4.69, 9.17) is 16.3 Å². The number of benzene rings is 1. The van der Waals surface area contributed by atoms with Gasteiger partial charge in [0.2, 0.25) is 0 Å². The van der Waals surface area contributed by atoms with Crippen molar-refractivity contribution in [3.8, 4) is 0 Å². The summed E-state index contributed by atoms with van der Waals surface area (Å²) >= 11 is 5.78. The van der Waals surface area contributed by atoms with E-state index in [0.717, 1.165) is 43.9 Å². The summed E-state index contributed by atoms with van der Waals surface area (Å²) in [6.45, 7) is -0.557. The highest BCUT2D eigenvalue weighted by Gasteiger charge is 2.31. The quantitative estimate of drug-likeness (QED) is 0.788. The third-order valence-corrected chi connectivity index (χ3v) is 4.19. The van der Waals surface area contributed by atoms with E-state index in [1.807, 2.05) is 0 Å². The molecule has 0 aliphatic heterocycles. The lowest BCUT2D eigenvalue weighted by atomic mass is 10.1. The van der Waals surface area contributed by atoms with Gasteiger partial charge in [-0.05, 0) is 37.0 Å². The fourth-order valence-electron chi connectivity index (χ4n) is 2.64. The molecule has 0 aromatic heterocycles. The number of amides is 1. The van der Waals surface area contributed by atoms with Crippen LogP contribution in [0.25, 0.3) is 0 Å². The number of carbonyl (C=O) groups is 2. The van der Waals surface area contributed by atoms with Crippen molar-refractivity contribution in [3.63, 3.8) is 0 Å². The minimum atomic E-state index is -4.54. The number of alkyl halides is 3. The van der Waals surface area contributed by atoms with Crippen LogP contribution in [0.5, 0.6) is 0 Å². The summed E-state index contributed by atoms with van der Waals surface area (Å²) in [5, 5.41) is 2.19. The van der Waals surface area contributed by atoms with Crippen molar-refractivity contribution >= 4 is 29.2 Å². The Morgan fingerprint density at radius 1 is 1.25 bits per heavy atom. The van der Waals surface area contributed by atoms with Crippen LogP contribution in [0.4, 0.5) is 18.9 Å². The normalized spacial score (nSPS) is 15.3. The van der Waals surface area contributed by atoms with E-state index in [1.54, 1.807) is 0 Å². The smallest absolute Gasteiger partial charge is 0.416 e. The highest BCUT2D eigenvalue weighted by molar-refractivity contribution is 6.33. The maximum Gasteiger partial charge on any atom is 0.416 e. The van der Waals surface area contributed by atoms with Crippen LogP contribution >= 0.6 is 11.6 Å². The van der Waals surface area contributed by atoms with Crippen LogP contribution in [-0.4, -0.2) is 18.5 Å². The molecule has 1 fully saturated rings. The summed E-state index contributed by atoms with van der Waals surface area (Å²) in [6.07, 6.45) is -0.156. The second-order valence-electron chi connectivity index (χ2n) is 5.76. The summed E-state index contributed by atoms with van der Waals surface area (Å²) in [7, 11) is 0. The Morgan fingerprint density at radius 2 is 1.92 bits per heavy atom. The van der Waals surface area contributed by atoms with Crippen molar-refractivity contribution in [3.05, 3.63) is 28.8 Å². The molecule has 0 saturated heterocycles. The number of anilines is 1. The Hall–Kier alpha value is -1.76. The Kier molecular flexibility index (Phi) is 6.10. The van der Waals surface area contributed by atoms with Gasteiger partial charge < -0.3 is 10.1 Å². The Balaban J connectivity index is 1.86. The average molecular weight is 364 g/mol. The number of esters is 1. The molecule has 0 atom stereocenters. The van der Waals surface area contributed by atoms with E-state index in [9.17, 15) is 22.8 Å². The van der Waals surface area contributed by atoms with Gasteiger partial charge in [0.1, 0.15) is 0 Å². The topological polar surface area (TPSA) is 55.4 Å². The minimum absolute atomic E-state index is 0.0337. The van der Waals surface area contributed by atoms with E-state index in [1.165, 1.54) is 0 Å². The number of halogens is 4. The zero-order valence-electron chi connectivity index (χ0n) is 12.8. The van der Waals surface area contributed by atoms with Crippen LogP contribution in [0, 0.1) is 5.92 Å². The molecule has 0 bridgehead atoms. The van der Waals surface area contributed by atoms with Gasteiger partial charge in [0, 0.05) is 6.42 Å². The van der Waals surface area contributed by atoms with Gasteiger partial charge >= 0.3 is 12.1 Å². The molecular weight excluding hydrogens is 347 g/mol. The largest absolute Gasteiger partial charge is 0.456 e. The second kappa shape index (κ2) is 7.88. The van der Waals surface area contributed by atoms with Crippen molar-refractivity contribution in [2.45, 2.75) is 38.3 Å². The summed E-state index contributed by atoms with van der Waals surface area (Å²) in [5.41, 5.74) is -1.11. The molecule has 1 saturated carbocycles. The Bertz CT molecular complexity index is 613. The third kappa shape index (κ3) is 5.40. The molecule has 24 heavy (non-hydrogen) atoms. The average Bonchev–Trinajstić information content (AvgIpc) is 2.99. The van der Waals surface area contributed by atoms with Gasteiger partial charge in [0.05, 0.1) is 16.3 Å². The van der Waals surface area contributed by atoms with Gasteiger partial charge in [-0.3, -0.25) is 9.59 Å². The molecule has 1 aliphatic rings. The first-order valence-corrected chi connectivity index (χ1v) is 7.95. The summed E-state index contributed by atoms with van der Waals surface area (Å²) in [5.74, 6) is -0.929. The van der Waals surface area contributed by atoms with Crippen molar-refractivity contribution in [2.75, 3.05) is 11.9 Å². The summed E-state index contributed by atoms with van der Waals surface area (Å²) < 4.78 is 42.8. The molecule has 1 aromatic carbocycles. The van der Waals surface area contributed by atoms with Crippen LogP contribution in [0.1, 0.15) is 37.7 Å². The second-order valence-corrected chi connectivity index (χ2v) is 6.16. The number of hydrogen-bond acceptors (Lipinski definition) is 3. The first kappa shape index (κ1) is 18.6. The van der Waals surface area contributed by atoms with Crippen LogP contribution in [0.3, 0.4) is 0 Å². The van der Waals surface area contributed by atoms with Gasteiger partial charge in [-0.1, -0.05) is 24.4 Å². The molecule has 2 rings (SSSR count). The van der Waals surface area contributed by atoms with Crippen molar-refractivity contribution in [1.82, 2.24) is 0 Å². The van der Waals surface area contributed by atoms with E-state index in [2.05, 4.69) is 5.32 Å². The molecule has 1 N–H and O–H groups in total. The number of rotatable bonds is 5. The van der Waals surface area contributed by atoms with Crippen molar-refractivity contribution in [2.24, 2.45) is 5.92 Å². The lowest BCUT2D eigenvalue weighted by Crippen LogP contribution is -2.22. The number of hydrogen-bond donors (Lipinski definition) is 1. The molecule has 0 spiro atoms. The summed E-state index contributed by atoms with van der Waals surface area (Å²) in [4.78, 5) is 23.4. The van der Waals surface area contributed by atoms with E-state index in [-0.39, 0.29) is 17.1 Å². The molecule has 1 amide bonds. The standard InChI is InChI=1S/C16H17ClF3NO3/c17-12-6-5-11(16(18,19)20)8-13(12)21-14(22)9-24-15(23)7-10-3-1-2-4-10/h5-6,8,10H,1-4,7,9H2,(H,21,22). The number of nitrogens with one attached hydrogen (secondary N) is 1. The van der Waals surface area contributed by atoms with E-state index < -0.39 is 30.2 Å². The number of ether oxygens (including phenoxy) is 1. The molecule has 0 radical (unpaired) electrons. The van der Waals surface area contributed by atoms with Crippen LogP contribution in [0.2, 0.25) is 5.02 Å². The maximum absolute atomic E-state index is 12.7. The highest BCUT2D eigenvalue weighted by atomic mass is 35.5. The SMILES string of the molecule is O=C(COC(=O)CC1CCCC1)Nc1cc(C(F)(F)F)ccc1Cl. The molecule has 0 heterocycles. The zero-order chi connectivity index (χ0) is 17.7. The monoisotopic (exact) mass is 363 g/mol. The summed E-state index contributed by atoms with van der Waals surface area (Å²) in [6, 6.07) is 2.60. The van der Waals surface area contributed by atoms with Crippen molar-refractivity contribution in [1.29, 1.82) is 0 Å². The lowest BCUT2D eigenvalue weighted by molar-refractivity contribution is -0.148. The van der Waals surface area contributed by atoms with Gasteiger partial charge in [0.25, 0.3) is 5.91 Å². The van der Waals surface area contributed by atoms with Crippen molar-refractivity contribution < 1.29 is 27.5 Å². The molecule has 8 heteroatoms. The van der Waals surface area contributed by atoms with Crippen LogP contribution in [0.15, 0.2) is 18.2 Å². The molecule has 0 unspecified atom stereocenters. The molecule has 1 aliphatic carbocycles. The fraction of sp³-hybridized carbons (Fsp3) is 0.500. The molecular formula is C16H17ClF3NO3. The first-order valence-electron chi connectivity index (χ1n) is 7.58. The lowest BCUT2D eigenvalue weighted by Gasteiger charge is -2.12. The highest BCUT2D eigenvalue weighted by Crippen LogP contribution is 2.33. The molecule has 132 valence electrons. The van der Waals surface area contributed by atoms with E-state index >= 15 is 0 Å². The maximum atomic E-state index is 12.7. The number of carbonyl (C=O) groups excluding carboxylic acids is 2. The predicted octanol–water partition coefficient (Wildman–Crippen LogP) is 4.42. The van der Waals surface area contributed by atoms with Gasteiger partial charge in [-0.2, -0.15) is 13.2 Å². The minimum Gasteiger partial charge on any atom is -0.456 e. The zero-order valence-corrected chi connectivity index (χ0v) is 13.5. The predicted molar refractivity (Wildman–Crippen MR) is 82.6 cm³/mol. The van der Waals surface area contributed by atoms with Gasteiger partial charge in [-0.15, -0.1) is 0 Å². The first-order chi connectivity index (χ1) is 11.3. The van der Waals surface area contributed by atoms with Crippen LogP contribution in [-0.2, 0) is 20.5 Å².